The average Bonchev–Trinajstić information content (AvgIpc) is 3.08. The van der Waals surface area contributed by atoms with Gasteiger partial charge in [-0.15, -0.1) is 11.8 Å². The molecule has 3 heterocycles. The fourth-order valence-corrected chi connectivity index (χ4v) is 7.25. The van der Waals surface area contributed by atoms with Crippen LogP contribution in [-0.4, -0.2) is 64.5 Å². The van der Waals surface area contributed by atoms with Crippen molar-refractivity contribution in [3.05, 3.63) is 63.8 Å². The summed E-state index contributed by atoms with van der Waals surface area (Å²) >= 11 is 7.79. The lowest BCUT2D eigenvalue weighted by Gasteiger charge is -2.44. The Bertz CT molecular complexity index is 1500. The first-order valence-electron chi connectivity index (χ1n) is 12.5. The van der Waals surface area contributed by atoms with Gasteiger partial charge in [0.15, 0.2) is 0 Å². The molecule has 2 aromatic carbocycles. The molecule has 200 valence electrons. The predicted octanol–water partition coefficient (Wildman–Crippen LogP) is 4.90. The molecule has 38 heavy (non-hydrogen) atoms. The highest BCUT2D eigenvalue weighted by Gasteiger charge is 2.34. The predicted molar refractivity (Wildman–Crippen MR) is 151 cm³/mol. The van der Waals surface area contributed by atoms with Gasteiger partial charge in [-0.1, -0.05) is 24.2 Å². The van der Waals surface area contributed by atoms with Gasteiger partial charge in [0.1, 0.15) is 11.6 Å². The summed E-state index contributed by atoms with van der Waals surface area (Å²) in [6.07, 6.45) is 1.16. The van der Waals surface area contributed by atoms with Crippen molar-refractivity contribution in [3.8, 4) is 11.1 Å². The molecular weight excluding hydrogens is 527 g/mol. The Balaban J connectivity index is 1.74. The zero-order valence-corrected chi connectivity index (χ0v) is 23.4. The third-order valence-electron chi connectivity index (χ3n) is 7.38. The number of carbonyl (C=O) groups excluding carboxylic acids is 1. The van der Waals surface area contributed by atoms with Crippen molar-refractivity contribution in [2.24, 2.45) is 0 Å². The summed E-state index contributed by atoms with van der Waals surface area (Å²) in [5, 5.41) is 0.909. The molecule has 1 unspecified atom stereocenters. The Morgan fingerprint density at radius 1 is 1.24 bits per heavy atom. The van der Waals surface area contributed by atoms with Crippen LogP contribution in [0.5, 0.6) is 0 Å². The summed E-state index contributed by atoms with van der Waals surface area (Å²) in [5.74, 6) is 0.665. The zero-order valence-electron chi connectivity index (χ0n) is 21.8. The van der Waals surface area contributed by atoms with Crippen LogP contribution >= 0.6 is 23.4 Å². The van der Waals surface area contributed by atoms with Crippen LogP contribution in [0.25, 0.3) is 22.0 Å². The van der Waals surface area contributed by atoms with E-state index in [1.807, 2.05) is 31.7 Å². The fourth-order valence-electron chi connectivity index (χ4n) is 5.69. The highest BCUT2D eigenvalue weighted by Crippen LogP contribution is 2.44. The topological polar surface area (TPSA) is 67.7 Å². The van der Waals surface area contributed by atoms with E-state index in [9.17, 15) is 14.0 Å². The first-order valence-corrected chi connectivity index (χ1v) is 13.9. The number of piperazine rings is 1. The number of amides is 1. The number of carbonyl (C=O) groups is 1. The Morgan fingerprint density at radius 2 is 1.95 bits per heavy atom. The van der Waals surface area contributed by atoms with Crippen molar-refractivity contribution in [2.45, 2.75) is 50.4 Å². The van der Waals surface area contributed by atoms with Gasteiger partial charge in [0.25, 0.3) is 0 Å². The first-order chi connectivity index (χ1) is 18.1. The third-order valence-corrected chi connectivity index (χ3v) is 8.90. The van der Waals surface area contributed by atoms with Crippen LogP contribution in [0, 0.1) is 12.7 Å². The molecule has 2 aliphatic heterocycles. The van der Waals surface area contributed by atoms with Gasteiger partial charge in [0.2, 0.25) is 5.91 Å². The molecule has 1 aromatic heterocycles. The summed E-state index contributed by atoms with van der Waals surface area (Å²) in [5.41, 5.74) is 3.10. The highest BCUT2D eigenvalue weighted by molar-refractivity contribution is 7.99. The Hall–Kier alpha value is -2.88. The van der Waals surface area contributed by atoms with Gasteiger partial charge in [-0.2, -0.15) is 4.98 Å². The van der Waals surface area contributed by atoms with E-state index >= 15 is 0 Å². The number of aromatic nitrogens is 2. The molecule has 0 radical (unpaired) electrons. The van der Waals surface area contributed by atoms with Crippen LogP contribution < -0.4 is 10.6 Å². The van der Waals surface area contributed by atoms with Gasteiger partial charge in [-0.05, 0) is 56.2 Å². The van der Waals surface area contributed by atoms with E-state index in [4.69, 9.17) is 16.3 Å². The zero-order chi connectivity index (χ0) is 27.3. The van der Waals surface area contributed by atoms with Crippen molar-refractivity contribution in [1.82, 2.24) is 14.5 Å². The second-order valence-corrected chi connectivity index (χ2v) is 11.4. The largest absolute Gasteiger partial charge is 0.379 e. The molecule has 0 aliphatic carbocycles. The number of benzene rings is 2. The van der Waals surface area contributed by atoms with E-state index in [0.717, 1.165) is 32.5 Å². The van der Waals surface area contributed by atoms with E-state index < -0.39 is 5.82 Å². The normalized spacial score (nSPS) is 21.5. The number of aryl methyl sites for hydroxylation is 1. The standard InChI is InChI=1S/C28H30ClFN4O3S/c1-6-23(35)34-16(3)11-32(12-17(34)4)27-20-9-15(2)24(18-7-8-22(30)21(29)10-18)26-25(20)33(28(36)31-27)13-19(37-5)14-38-26/h6-10,16-17,19H,1,11-14H2,2-5H3/t16-,17+,19?. The smallest absolute Gasteiger partial charge is 0.350 e. The van der Waals surface area contributed by atoms with Gasteiger partial charge in [-0.3, -0.25) is 9.36 Å². The molecule has 0 saturated carbocycles. The summed E-state index contributed by atoms with van der Waals surface area (Å²) in [7, 11) is 1.64. The van der Waals surface area contributed by atoms with Crippen LogP contribution in [0.4, 0.5) is 10.2 Å². The number of rotatable bonds is 4. The van der Waals surface area contributed by atoms with E-state index in [-0.39, 0.29) is 34.8 Å². The van der Waals surface area contributed by atoms with Gasteiger partial charge in [-0.25, -0.2) is 9.18 Å². The molecule has 0 bridgehead atoms. The van der Waals surface area contributed by atoms with Crippen molar-refractivity contribution >= 4 is 46.0 Å². The number of hydrogen-bond acceptors (Lipinski definition) is 6. The van der Waals surface area contributed by atoms with Crippen LogP contribution in [-0.2, 0) is 16.1 Å². The molecule has 2 aliphatic rings. The molecule has 10 heteroatoms. The SMILES string of the molecule is C=CC(=O)N1[C@H](C)CN(c2nc(=O)n3c4c(c(-c5ccc(F)c(Cl)c5)c(C)cc24)SCC(OC)C3)C[C@@H]1C. The Labute approximate surface area is 230 Å². The maximum absolute atomic E-state index is 14.0. The second kappa shape index (κ2) is 10.4. The second-order valence-electron chi connectivity index (χ2n) is 9.97. The molecule has 0 spiro atoms. The minimum Gasteiger partial charge on any atom is -0.379 e. The van der Waals surface area contributed by atoms with Gasteiger partial charge >= 0.3 is 5.69 Å². The van der Waals surface area contributed by atoms with Crippen LogP contribution in [0.15, 0.2) is 46.6 Å². The lowest BCUT2D eigenvalue weighted by atomic mass is 9.97. The van der Waals surface area contributed by atoms with Gasteiger partial charge in [0, 0.05) is 53.9 Å². The minimum absolute atomic E-state index is 0.0466. The number of nitrogens with zero attached hydrogens (tertiary/aromatic N) is 4. The van der Waals surface area contributed by atoms with Gasteiger partial charge in [0.05, 0.1) is 23.2 Å². The minimum atomic E-state index is -0.479. The molecule has 1 saturated heterocycles. The molecule has 1 amide bonds. The number of thioether (sulfide) groups is 1. The van der Waals surface area contributed by atoms with E-state index in [1.165, 1.54) is 12.1 Å². The lowest BCUT2D eigenvalue weighted by Crippen LogP contribution is -2.58. The van der Waals surface area contributed by atoms with Crippen molar-refractivity contribution in [2.75, 3.05) is 30.9 Å². The average molecular weight is 557 g/mol. The number of halogens is 2. The number of hydrogen-bond donors (Lipinski definition) is 0. The Morgan fingerprint density at radius 3 is 2.58 bits per heavy atom. The van der Waals surface area contributed by atoms with E-state index in [1.54, 1.807) is 35.6 Å². The van der Waals surface area contributed by atoms with Crippen LogP contribution in [0.3, 0.4) is 0 Å². The third kappa shape index (κ3) is 4.50. The maximum Gasteiger partial charge on any atom is 0.350 e. The lowest BCUT2D eigenvalue weighted by molar-refractivity contribution is -0.130. The molecule has 3 atom stereocenters. The fraction of sp³-hybridized carbons (Fsp3) is 0.393. The van der Waals surface area contributed by atoms with E-state index in [2.05, 4.69) is 16.5 Å². The first kappa shape index (κ1) is 26.7. The summed E-state index contributed by atoms with van der Waals surface area (Å²) in [6, 6.07) is 6.58. The molecule has 7 nitrogen and oxygen atoms in total. The van der Waals surface area contributed by atoms with Crippen molar-refractivity contribution < 1.29 is 13.9 Å². The Kier molecular flexibility index (Phi) is 7.28. The van der Waals surface area contributed by atoms with Crippen LogP contribution in [0.1, 0.15) is 19.4 Å². The summed E-state index contributed by atoms with van der Waals surface area (Å²) < 4.78 is 21.4. The maximum atomic E-state index is 14.0. The highest BCUT2D eigenvalue weighted by atomic mass is 35.5. The van der Waals surface area contributed by atoms with Crippen LogP contribution in [0.2, 0.25) is 5.02 Å². The molecule has 0 N–H and O–H groups in total. The molecule has 3 aromatic rings. The number of anilines is 1. The molecule has 5 rings (SSSR count). The van der Waals surface area contributed by atoms with Crippen molar-refractivity contribution in [1.29, 1.82) is 0 Å². The van der Waals surface area contributed by atoms with E-state index in [0.29, 0.717) is 31.2 Å². The molecule has 1 fully saturated rings. The van der Waals surface area contributed by atoms with Gasteiger partial charge < -0.3 is 14.5 Å². The summed E-state index contributed by atoms with van der Waals surface area (Å²) in [4.78, 5) is 35.5. The number of ether oxygens (including phenoxy) is 1. The quantitative estimate of drug-likeness (QED) is 0.426. The molecular formula is C28H30ClFN4O3S. The summed E-state index contributed by atoms with van der Waals surface area (Å²) in [6.45, 7) is 11.1. The van der Waals surface area contributed by atoms with Crippen molar-refractivity contribution in [3.63, 3.8) is 0 Å². The number of methoxy groups -OCH3 is 1. The monoisotopic (exact) mass is 556 g/mol.